The summed E-state index contributed by atoms with van der Waals surface area (Å²) in [7, 11) is 2.02. The molecule has 1 aliphatic heterocycles. The molecule has 0 bridgehead atoms. The number of hydrogen-bond donors (Lipinski definition) is 2. The Morgan fingerprint density at radius 3 is 2.91 bits per heavy atom. The molecule has 3 aromatic heterocycles. The van der Waals surface area contributed by atoms with Gasteiger partial charge in [-0.2, -0.15) is 5.10 Å². The minimum absolute atomic E-state index is 0.0631. The van der Waals surface area contributed by atoms with Crippen LogP contribution in [0.1, 0.15) is 66.2 Å². The first-order chi connectivity index (χ1) is 15.5. The predicted molar refractivity (Wildman–Crippen MR) is 119 cm³/mol. The molecule has 168 valence electrons. The number of aromatic nitrogens is 6. The van der Waals surface area contributed by atoms with Crippen LogP contribution in [-0.4, -0.2) is 47.5 Å². The molecule has 3 aromatic rings. The number of hydrogen-bond acceptors (Lipinski definition) is 7. The van der Waals surface area contributed by atoms with E-state index in [2.05, 4.69) is 29.9 Å². The van der Waals surface area contributed by atoms with Crippen molar-refractivity contribution in [1.29, 1.82) is 0 Å². The molecule has 1 saturated heterocycles. The van der Waals surface area contributed by atoms with Crippen LogP contribution in [0.25, 0.3) is 0 Å². The largest absolute Gasteiger partial charge is 0.374 e. The first-order valence-electron chi connectivity index (χ1n) is 11.5. The lowest BCUT2D eigenvalue weighted by molar-refractivity contribution is 0.122. The van der Waals surface area contributed by atoms with E-state index in [9.17, 15) is 5.11 Å². The van der Waals surface area contributed by atoms with Crippen LogP contribution in [0.5, 0.6) is 0 Å². The average molecular weight is 435 g/mol. The van der Waals surface area contributed by atoms with Gasteiger partial charge in [0, 0.05) is 55.0 Å². The maximum absolute atomic E-state index is 10.7. The molecule has 0 amide bonds. The average Bonchev–Trinajstić information content (AvgIpc) is 3.20. The Balaban J connectivity index is 1.11. The van der Waals surface area contributed by atoms with Crippen molar-refractivity contribution in [3.05, 3.63) is 53.1 Å². The number of imidazole rings is 1. The Morgan fingerprint density at radius 2 is 2.12 bits per heavy atom. The second-order valence-electron chi connectivity index (χ2n) is 9.77. The van der Waals surface area contributed by atoms with Crippen molar-refractivity contribution in [3.8, 4) is 0 Å². The summed E-state index contributed by atoms with van der Waals surface area (Å²) in [5.74, 6) is 0.848. The molecule has 3 aliphatic rings. The number of nitrogens with one attached hydrogen (secondary N) is 1. The fourth-order valence-electron chi connectivity index (χ4n) is 5.20. The number of aliphatic hydroxyl groups excluding tert-OH is 1. The van der Waals surface area contributed by atoms with E-state index < -0.39 is 6.23 Å². The molecule has 2 fully saturated rings. The third kappa shape index (κ3) is 3.49. The van der Waals surface area contributed by atoms with E-state index in [1.807, 2.05) is 37.4 Å². The van der Waals surface area contributed by atoms with Gasteiger partial charge >= 0.3 is 0 Å². The van der Waals surface area contributed by atoms with Crippen molar-refractivity contribution in [2.75, 3.05) is 18.0 Å². The molecule has 9 heteroatoms. The Labute approximate surface area is 187 Å². The van der Waals surface area contributed by atoms with Gasteiger partial charge in [0.05, 0.1) is 30.8 Å². The molecule has 6 rings (SSSR count). The van der Waals surface area contributed by atoms with E-state index >= 15 is 0 Å². The monoisotopic (exact) mass is 434 g/mol. The van der Waals surface area contributed by atoms with Crippen molar-refractivity contribution in [2.45, 2.75) is 57.8 Å². The molecule has 1 spiro atoms. The second kappa shape index (κ2) is 7.38. The quantitative estimate of drug-likeness (QED) is 0.573. The fourth-order valence-corrected chi connectivity index (χ4v) is 5.20. The lowest BCUT2D eigenvalue weighted by atomic mass is 10.1. The summed E-state index contributed by atoms with van der Waals surface area (Å²) in [6, 6.07) is 0.0631. The van der Waals surface area contributed by atoms with Crippen LogP contribution in [0.4, 0.5) is 5.95 Å². The zero-order chi connectivity index (χ0) is 21.9. The first-order valence-corrected chi connectivity index (χ1v) is 11.5. The normalized spacial score (nSPS) is 22.0. The van der Waals surface area contributed by atoms with Crippen LogP contribution >= 0.6 is 0 Å². The highest BCUT2D eigenvalue weighted by Crippen LogP contribution is 2.53. The lowest BCUT2D eigenvalue weighted by Crippen LogP contribution is -2.25. The van der Waals surface area contributed by atoms with Crippen molar-refractivity contribution in [3.63, 3.8) is 0 Å². The standard InChI is InChI=1S/C23H30N8O/c1-15-16(9-24-22(27-15)30-8-7-23(13-30)5-6-23)11-31-12-17(10-26-31)21(32)28-18-3-4-19-20(18)25-14-29(19)2/h9-10,12,14,18,21,28,32H,3-8,11,13H2,1-2H3/t18-,21?/m1/s1. The summed E-state index contributed by atoms with van der Waals surface area (Å²) in [4.78, 5) is 16.2. The molecular formula is C23H30N8O. The third-order valence-electron chi connectivity index (χ3n) is 7.50. The van der Waals surface area contributed by atoms with Crippen LogP contribution in [0.15, 0.2) is 24.9 Å². The van der Waals surface area contributed by atoms with E-state index in [4.69, 9.17) is 4.98 Å². The first kappa shape index (κ1) is 19.9. The summed E-state index contributed by atoms with van der Waals surface area (Å²) in [6.07, 6.45) is 12.5. The van der Waals surface area contributed by atoms with Gasteiger partial charge in [-0.25, -0.2) is 15.0 Å². The van der Waals surface area contributed by atoms with Gasteiger partial charge in [-0.05, 0) is 44.4 Å². The molecule has 2 aliphatic carbocycles. The summed E-state index contributed by atoms with van der Waals surface area (Å²) in [5.41, 5.74) is 5.61. The van der Waals surface area contributed by atoms with E-state index in [0.29, 0.717) is 12.0 Å². The number of aryl methyl sites for hydroxylation is 2. The Kier molecular flexibility index (Phi) is 4.58. The SMILES string of the molecule is Cc1nc(N2CCC3(CC3)C2)ncc1Cn1cc(C(O)N[C@@H]2CCc3c2ncn3C)cn1. The fraction of sp³-hybridized carbons (Fsp3) is 0.565. The number of nitrogens with zero attached hydrogens (tertiary/aromatic N) is 7. The maximum Gasteiger partial charge on any atom is 0.225 e. The van der Waals surface area contributed by atoms with Crippen LogP contribution in [-0.2, 0) is 20.0 Å². The molecule has 9 nitrogen and oxygen atoms in total. The highest BCUT2D eigenvalue weighted by molar-refractivity contribution is 5.36. The number of fused-ring (bicyclic) bond motifs is 1. The van der Waals surface area contributed by atoms with Crippen LogP contribution in [0, 0.1) is 12.3 Å². The van der Waals surface area contributed by atoms with Gasteiger partial charge < -0.3 is 14.6 Å². The maximum atomic E-state index is 10.7. The minimum atomic E-state index is -0.786. The Morgan fingerprint density at radius 1 is 1.25 bits per heavy atom. The zero-order valence-electron chi connectivity index (χ0n) is 18.7. The molecule has 0 radical (unpaired) electrons. The molecule has 1 unspecified atom stereocenters. The van der Waals surface area contributed by atoms with E-state index in [-0.39, 0.29) is 6.04 Å². The highest BCUT2D eigenvalue weighted by atomic mass is 16.3. The number of aliphatic hydroxyl groups is 1. The zero-order valence-corrected chi connectivity index (χ0v) is 18.7. The van der Waals surface area contributed by atoms with Crippen LogP contribution < -0.4 is 10.2 Å². The van der Waals surface area contributed by atoms with E-state index in [1.165, 1.54) is 25.0 Å². The van der Waals surface area contributed by atoms with Crippen molar-refractivity contribution >= 4 is 5.95 Å². The molecule has 2 N–H and O–H groups in total. The summed E-state index contributed by atoms with van der Waals surface area (Å²) >= 11 is 0. The molecule has 4 heterocycles. The van der Waals surface area contributed by atoms with E-state index in [1.54, 1.807) is 6.20 Å². The topological polar surface area (TPSA) is 96.9 Å². The Hall–Kier alpha value is -2.78. The predicted octanol–water partition coefficient (Wildman–Crippen LogP) is 2.02. The van der Waals surface area contributed by atoms with Crippen molar-refractivity contribution in [2.24, 2.45) is 12.5 Å². The summed E-state index contributed by atoms with van der Waals surface area (Å²) in [5, 5.41) is 18.5. The van der Waals surface area contributed by atoms with Crippen molar-refractivity contribution in [1.82, 2.24) is 34.6 Å². The van der Waals surface area contributed by atoms with E-state index in [0.717, 1.165) is 54.4 Å². The van der Waals surface area contributed by atoms with Gasteiger partial charge in [-0.3, -0.25) is 10.00 Å². The summed E-state index contributed by atoms with van der Waals surface area (Å²) < 4.78 is 3.90. The third-order valence-corrected chi connectivity index (χ3v) is 7.50. The minimum Gasteiger partial charge on any atom is -0.374 e. The second-order valence-corrected chi connectivity index (χ2v) is 9.77. The van der Waals surface area contributed by atoms with Crippen molar-refractivity contribution < 1.29 is 5.11 Å². The molecule has 32 heavy (non-hydrogen) atoms. The van der Waals surface area contributed by atoms with Gasteiger partial charge in [0.15, 0.2) is 0 Å². The summed E-state index contributed by atoms with van der Waals surface area (Å²) in [6.45, 7) is 4.78. The van der Waals surface area contributed by atoms with Gasteiger partial charge in [0.1, 0.15) is 6.23 Å². The molecule has 2 atom stereocenters. The van der Waals surface area contributed by atoms with Gasteiger partial charge in [0.2, 0.25) is 5.95 Å². The van der Waals surface area contributed by atoms with Gasteiger partial charge in [0.25, 0.3) is 0 Å². The molecule has 0 aromatic carbocycles. The highest BCUT2D eigenvalue weighted by Gasteiger charge is 2.48. The van der Waals surface area contributed by atoms with Crippen LogP contribution in [0.3, 0.4) is 0 Å². The van der Waals surface area contributed by atoms with Gasteiger partial charge in [-0.1, -0.05) is 0 Å². The number of rotatable bonds is 6. The Bertz CT molecular complexity index is 1150. The lowest BCUT2D eigenvalue weighted by Gasteiger charge is -2.17. The van der Waals surface area contributed by atoms with Gasteiger partial charge in [-0.15, -0.1) is 0 Å². The molecular weight excluding hydrogens is 404 g/mol. The molecule has 1 saturated carbocycles. The smallest absolute Gasteiger partial charge is 0.225 e. The number of anilines is 1. The van der Waals surface area contributed by atoms with Crippen LogP contribution in [0.2, 0.25) is 0 Å².